The van der Waals surface area contributed by atoms with Gasteiger partial charge in [-0.2, -0.15) is 0 Å². The van der Waals surface area contributed by atoms with Crippen LogP contribution in [0.25, 0.3) is 0 Å². The van der Waals surface area contributed by atoms with Gasteiger partial charge in [0.25, 0.3) is 0 Å². The summed E-state index contributed by atoms with van der Waals surface area (Å²) in [7, 11) is 0. The highest BCUT2D eigenvalue weighted by Crippen LogP contribution is 2.17. The van der Waals surface area contributed by atoms with Crippen LogP contribution in [0.3, 0.4) is 0 Å². The van der Waals surface area contributed by atoms with E-state index >= 15 is 0 Å². The third-order valence-electron chi connectivity index (χ3n) is 2.53. The van der Waals surface area contributed by atoms with E-state index in [1.807, 2.05) is 0 Å². The van der Waals surface area contributed by atoms with Crippen molar-refractivity contribution in [3.63, 3.8) is 0 Å². The zero-order valence-electron chi connectivity index (χ0n) is 8.72. The molecular formula is C10H17ClN2O2. The predicted octanol–water partition coefficient (Wildman–Crippen LogP) is 0.790. The predicted molar refractivity (Wildman–Crippen MR) is 58.7 cm³/mol. The van der Waals surface area contributed by atoms with Crippen molar-refractivity contribution in [2.24, 2.45) is 0 Å². The minimum atomic E-state index is -0.582. The van der Waals surface area contributed by atoms with E-state index in [-0.39, 0.29) is 6.04 Å². The summed E-state index contributed by atoms with van der Waals surface area (Å²) in [5.41, 5.74) is 0. The van der Waals surface area contributed by atoms with Gasteiger partial charge in [0.05, 0.1) is 0 Å². The largest absolute Gasteiger partial charge is 0.347 e. The average Bonchev–Trinajstić information content (AvgIpc) is 2.27. The highest BCUT2D eigenvalue weighted by Gasteiger charge is 2.19. The Labute approximate surface area is 94.7 Å². The molecule has 0 heterocycles. The van der Waals surface area contributed by atoms with Crippen LogP contribution in [0.2, 0.25) is 0 Å². The van der Waals surface area contributed by atoms with Gasteiger partial charge in [-0.3, -0.25) is 9.59 Å². The Hall–Kier alpha value is -0.770. The third kappa shape index (κ3) is 4.51. The number of amides is 2. The minimum absolute atomic E-state index is 0.174. The van der Waals surface area contributed by atoms with Crippen LogP contribution in [-0.4, -0.2) is 30.3 Å². The molecule has 0 aliphatic heterocycles. The standard InChI is InChI=1S/C10H17ClN2O2/c11-6-7-12-9(14)10(15)13-8-4-2-1-3-5-8/h8H,1-7H2,(H,12,14)(H,13,15). The lowest BCUT2D eigenvalue weighted by Gasteiger charge is -2.22. The molecule has 1 rings (SSSR count). The minimum Gasteiger partial charge on any atom is -0.347 e. The topological polar surface area (TPSA) is 58.2 Å². The van der Waals surface area contributed by atoms with Gasteiger partial charge in [-0.05, 0) is 12.8 Å². The number of alkyl halides is 1. The lowest BCUT2D eigenvalue weighted by molar-refractivity contribution is -0.139. The summed E-state index contributed by atoms with van der Waals surface area (Å²) in [5, 5.41) is 5.17. The monoisotopic (exact) mass is 232 g/mol. The molecule has 5 heteroatoms. The summed E-state index contributed by atoms with van der Waals surface area (Å²) in [5.74, 6) is -0.795. The fourth-order valence-electron chi connectivity index (χ4n) is 1.74. The molecule has 0 unspecified atom stereocenters. The van der Waals surface area contributed by atoms with Crippen LogP contribution in [0.4, 0.5) is 0 Å². The number of halogens is 1. The molecule has 15 heavy (non-hydrogen) atoms. The second-order valence-electron chi connectivity index (χ2n) is 3.75. The molecule has 0 saturated heterocycles. The van der Waals surface area contributed by atoms with E-state index in [0.29, 0.717) is 12.4 Å². The van der Waals surface area contributed by atoms with Gasteiger partial charge in [0.15, 0.2) is 0 Å². The Morgan fingerprint density at radius 1 is 1.13 bits per heavy atom. The van der Waals surface area contributed by atoms with E-state index < -0.39 is 11.8 Å². The molecule has 0 atom stereocenters. The van der Waals surface area contributed by atoms with Gasteiger partial charge in [-0.15, -0.1) is 11.6 Å². The molecule has 2 N–H and O–H groups in total. The van der Waals surface area contributed by atoms with Gasteiger partial charge in [-0.25, -0.2) is 0 Å². The van der Waals surface area contributed by atoms with Crippen LogP contribution in [-0.2, 0) is 9.59 Å². The molecule has 0 aromatic carbocycles. The van der Waals surface area contributed by atoms with Gasteiger partial charge in [0, 0.05) is 18.5 Å². The van der Waals surface area contributed by atoms with E-state index in [1.165, 1.54) is 6.42 Å². The first kappa shape index (κ1) is 12.3. The quantitative estimate of drug-likeness (QED) is 0.559. The molecule has 0 bridgehead atoms. The summed E-state index contributed by atoms with van der Waals surface area (Å²) >= 11 is 5.40. The fourth-order valence-corrected chi connectivity index (χ4v) is 1.83. The van der Waals surface area contributed by atoms with Crippen LogP contribution in [0.5, 0.6) is 0 Å². The Bertz CT molecular complexity index is 227. The molecule has 1 saturated carbocycles. The van der Waals surface area contributed by atoms with Gasteiger partial charge in [0.1, 0.15) is 0 Å². The maximum Gasteiger partial charge on any atom is 0.309 e. The van der Waals surface area contributed by atoms with E-state index in [0.717, 1.165) is 25.7 Å². The molecule has 4 nitrogen and oxygen atoms in total. The Balaban J connectivity index is 2.24. The number of hydrogen-bond donors (Lipinski definition) is 2. The molecule has 1 aliphatic rings. The van der Waals surface area contributed by atoms with Gasteiger partial charge in [-0.1, -0.05) is 19.3 Å². The van der Waals surface area contributed by atoms with Gasteiger partial charge in [0.2, 0.25) is 0 Å². The molecule has 0 aromatic rings. The Morgan fingerprint density at radius 2 is 1.80 bits per heavy atom. The first-order chi connectivity index (χ1) is 7.24. The van der Waals surface area contributed by atoms with Crippen molar-refractivity contribution in [2.75, 3.05) is 12.4 Å². The fraction of sp³-hybridized carbons (Fsp3) is 0.800. The van der Waals surface area contributed by atoms with Crippen molar-refractivity contribution >= 4 is 23.4 Å². The Morgan fingerprint density at radius 3 is 2.40 bits per heavy atom. The number of carbonyl (C=O) groups excluding carboxylic acids is 2. The molecule has 2 amide bonds. The maximum absolute atomic E-state index is 11.4. The van der Waals surface area contributed by atoms with Crippen LogP contribution in [0.1, 0.15) is 32.1 Å². The van der Waals surface area contributed by atoms with E-state index in [1.54, 1.807) is 0 Å². The second-order valence-corrected chi connectivity index (χ2v) is 4.13. The van der Waals surface area contributed by atoms with Crippen LogP contribution in [0, 0.1) is 0 Å². The van der Waals surface area contributed by atoms with E-state index in [9.17, 15) is 9.59 Å². The third-order valence-corrected chi connectivity index (χ3v) is 2.72. The molecule has 0 aromatic heterocycles. The SMILES string of the molecule is O=C(NCCCl)C(=O)NC1CCCCC1. The maximum atomic E-state index is 11.4. The van der Waals surface area contributed by atoms with Crippen molar-refractivity contribution in [1.82, 2.24) is 10.6 Å². The van der Waals surface area contributed by atoms with Crippen molar-refractivity contribution < 1.29 is 9.59 Å². The lowest BCUT2D eigenvalue weighted by Crippen LogP contribution is -2.45. The average molecular weight is 233 g/mol. The van der Waals surface area contributed by atoms with Gasteiger partial charge >= 0.3 is 11.8 Å². The first-order valence-corrected chi connectivity index (χ1v) is 5.92. The first-order valence-electron chi connectivity index (χ1n) is 5.38. The summed E-state index contributed by atoms with van der Waals surface area (Å²) in [6.45, 7) is 0.332. The Kier molecular flexibility index (Phi) is 5.47. The molecular weight excluding hydrogens is 216 g/mol. The molecule has 0 spiro atoms. The number of nitrogens with one attached hydrogen (secondary N) is 2. The number of rotatable bonds is 3. The highest BCUT2D eigenvalue weighted by molar-refractivity contribution is 6.35. The molecule has 1 fully saturated rings. The van der Waals surface area contributed by atoms with Crippen molar-refractivity contribution in [3.8, 4) is 0 Å². The van der Waals surface area contributed by atoms with Crippen LogP contribution in [0.15, 0.2) is 0 Å². The second kappa shape index (κ2) is 6.67. The van der Waals surface area contributed by atoms with Crippen molar-refractivity contribution in [1.29, 1.82) is 0 Å². The summed E-state index contributed by atoms with van der Waals surface area (Å²) in [4.78, 5) is 22.5. The summed E-state index contributed by atoms with van der Waals surface area (Å²) in [6, 6.07) is 0.174. The zero-order chi connectivity index (χ0) is 11.1. The van der Waals surface area contributed by atoms with E-state index in [2.05, 4.69) is 10.6 Å². The van der Waals surface area contributed by atoms with Crippen LogP contribution >= 0.6 is 11.6 Å². The van der Waals surface area contributed by atoms with Gasteiger partial charge < -0.3 is 10.6 Å². The summed E-state index contributed by atoms with van der Waals surface area (Å²) < 4.78 is 0. The summed E-state index contributed by atoms with van der Waals surface area (Å²) in [6.07, 6.45) is 5.45. The normalized spacial score (nSPS) is 17.1. The number of carbonyl (C=O) groups is 2. The van der Waals surface area contributed by atoms with Crippen LogP contribution < -0.4 is 10.6 Å². The smallest absolute Gasteiger partial charge is 0.309 e. The van der Waals surface area contributed by atoms with Crippen molar-refractivity contribution in [2.45, 2.75) is 38.1 Å². The van der Waals surface area contributed by atoms with Crippen molar-refractivity contribution in [3.05, 3.63) is 0 Å². The molecule has 1 aliphatic carbocycles. The molecule has 86 valence electrons. The zero-order valence-corrected chi connectivity index (χ0v) is 9.48. The highest BCUT2D eigenvalue weighted by atomic mass is 35.5. The number of hydrogen-bond acceptors (Lipinski definition) is 2. The lowest BCUT2D eigenvalue weighted by atomic mass is 9.95. The van der Waals surface area contributed by atoms with E-state index in [4.69, 9.17) is 11.6 Å². The molecule has 0 radical (unpaired) electrons.